The summed E-state index contributed by atoms with van der Waals surface area (Å²) in [5.41, 5.74) is 4.64. The van der Waals surface area contributed by atoms with Gasteiger partial charge >= 0.3 is 0 Å². The molecule has 0 bridgehead atoms. The number of pyridine rings is 1. The topological polar surface area (TPSA) is 58.5 Å². The Kier molecular flexibility index (Phi) is 5.23. The van der Waals surface area contributed by atoms with Gasteiger partial charge in [-0.25, -0.2) is 0 Å². The van der Waals surface area contributed by atoms with Crippen LogP contribution in [-0.2, 0) is 4.74 Å². The molecule has 19 heavy (non-hydrogen) atoms. The minimum atomic E-state index is 0.267. The van der Waals surface area contributed by atoms with Crippen LogP contribution in [-0.4, -0.2) is 35.1 Å². The zero-order valence-corrected chi connectivity index (χ0v) is 11.7. The molecule has 1 fully saturated rings. The van der Waals surface area contributed by atoms with Crippen molar-refractivity contribution in [1.29, 1.82) is 0 Å². The van der Waals surface area contributed by atoms with Crippen LogP contribution in [0.2, 0.25) is 0 Å². The van der Waals surface area contributed by atoms with Crippen molar-refractivity contribution in [3.8, 4) is 0 Å². The van der Waals surface area contributed by atoms with Crippen LogP contribution < -0.4 is 10.7 Å². The summed E-state index contributed by atoms with van der Waals surface area (Å²) in [6.07, 6.45) is 5.99. The summed E-state index contributed by atoms with van der Waals surface area (Å²) in [7, 11) is 0. The molecule has 0 saturated carbocycles. The van der Waals surface area contributed by atoms with Gasteiger partial charge in [0.25, 0.3) is 0 Å². The first-order chi connectivity index (χ1) is 9.25. The number of ether oxygens (including phenoxy) is 1. The second kappa shape index (κ2) is 7.16. The van der Waals surface area contributed by atoms with Gasteiger partial charge in [0.2, 0.25) is 0 Å². The van der Waals surface area contributed by atoms with Gasteiger partial charge in [-0.15, -0.1) is 0 Å². The van der Waals surface area contributed by atoms with Crippen molar-refractivity contribution in [2.45, 2.75) is 25.9 Å². The number of hydrazone groups is 1. The molecule has 0 radical (unpaired) electrons. The van der Waals surface area contributed by atoms with E-state index in [0.717, 1.165) is 37.3 Å². The van der Waals surface area contributed by atoms with E-state index in [1.807, 2.05) is 19.1 Å². The van der Waals surface area contributed by atoms with Gasteiger partial charge in [0.15, 0.2) is 5.11 Å². The molecule has 0 amide bonds. The Balaban J connectivity index is 1.76. The van der Waals surface area contributed by atoms with Crippen molar-refractivity contribution in [1.82, 2.24) is 15.7 Å². The van der Waals surface area contributed by atoms with E-state index >= 15 is 0 Å². The molecule has 1 aromatic heterocycles. The van der Waals surface area contributed by atoms with Gasteiger partial charge in [-0.05, 0) is 38.0 Å². The third kappa shape index (κ3) is 4.57. The zero-order chi connectivity index (χ0) is 13.5. The quantitative estimate of drug-likeness (QED) is 0.496. The van der Waals surface area contributed by atoms with Crippen molar-refractivity contribution >= 4 is 23.0 Å². The fourth-order valence-electron chi connectivity index (χ4n) is 1.83. The molecule has 5 nitrogen and oxygen atoms in total. The maximum atomic E-state index is 5.50. The fourth-order valence-corrected chi connectivity index (χ4v) is 1.96. The molecule has 6 heteroatoms. The van der Waals surface area contributed by atoms with Crippen LogP contribution >= 0.6 is 12.2 Å². The Labute approximate surface area is 118 Å². The Morgan fingerprint density at radius 3 is 3.21 bits per heavy atom. The summed E-state index contributed by atoms with van der Waals surface area (Å²) in [6, 6.07) is 3.83. The molecule has 2 heterocycles. The molecule has 1 atom stereocenters. The Morgan fingerprint density at radius 1 is 1.63 bits per heavy atom. The molecular weight excluding hydrogens is 260 g/mol. The second-order valence-electron chi connectivity index (χ2n) is 4.40. The van der Waals surface area contributed by atoms with Crippen molar-refractivity contribution in [3.05, 3.63) is 30.1 Å². The van der Waals surface area contributed by atoms with Crippen LogP contribution in [0, 0.1) is 0 Å². The molecule has 0 aromatic carbocycles. The van der Waals surface area contributed by atoms with Gasteiger partial charge in [0.05, 0.1) is 11.8 Å². The molecule has 1 aliphatic rings. The van der Waals surface area contributed by atoms with Crippen LogP contribution in [0.1, 0.15) is 25.3 Å². The lowest BCUT2D eigenvalue weighted by Gasteiger charge is -2.12. The van der Waals surface area contributed by atoms with E-state index in [1.54, 1.807) is 12.4 Å². The minimum Gasteiger partial charge on any atom is -0.376 e. The van der Waals surface area contributed by atoms with Gasteiger partial charge in [-0.1, -0.05) is 6.07 Å². The molecule has 1 aliphatic heterocycles. The van der Waals surface area contributed by atoms with E-state index < -0.39 is 0 Å². The first-order valence-electron chi connectivity index (χ1n) is 6.36. The minimum absolute atomic E-state index is 0.267. The molecular formula is C13H18N4OS. The van der Waals surface area contributed by atoms with E-state index in [1.165, 1.54) is 0 Å². The van der Waals surface area contributed by atoms with Gasteiger partial charge in [0, 0.05) is 31.1 Å². The molecule has 1 unspecified atom stereocenters. The summed E-state index contributed by atoms with van der Waals surface area (Å²) in [5, 5.41) is 7.84. The van der Waals surface area contributed by atoms with Crippen molar-refractivity contribution in [3.63, 3.8) is 0 Å². The third-order valence-electron chi connectivity index (χ3n) is 2.92. The normalized spacial score (nSPS) is 19.2. The average molecular weight is 278 g/mol. The number of nitrogens with zero attached hydrogens (tertiary/aromatic N) is 2. The van der Waals surface area contributed by atoms with Crippen LogP contribution in [0.25, 0.3) is 0 Å². The summed E-state index contributed by atoms with van der Waals surface area (Å²) < 4.78 is 5.50. The molecule has 0 aliphatic carbocycles. The van der Waals surface area contributed by atoms with E-state index in [2.05, 4.69) is 20.8 Å². The fraction of sp³-hybridized carbons (Fsp3) is 0.462. The van der Waals surface area contributed by atoms with E-state index in [-0.39, 0.29) is 6.10 Å². The lowest BCUT2D eigenvalue weighted by atomic mass is 10.2. The van der Waals surface area contributed by atoms with Gasteiger partial charge in [-0.2, -0.15) is 5.10 Å². The molecule has 2 N–H and O–H groups in total. The number of aromatic nitrogens is 1. The average Bonchev–Trinajstić information content (AvgIpc) is 2.96. The van der Waals surface area contributed by atoms with Crippen LogP contribution in [0.5, 0.6) is 0 Å². The first-order valence-corrected chi connectivity index (χ1v) is 6.76. The van der Waals surface area contributed by atoms with Crippen LogP contribution in [0.3, 0.4) is 0 Å². The standard InChI is InChI=1S/C13H18N4OS/c1-10(11-4-2-6-14-8-11)16-17-13(19)15-9-12-5-3-7-18-12/h2,4,6,8,12H,3,5,7,9H2,1H3,(H2,15,17,19)/b16-10-. The van der Waals surface area contributed by atoms with Crippen molar-refractivity contribution in [2.75, 3.05) is 13.2 Å². The molecule has 0 spiro atoms. The predicted molar refractivity (Wildman–Crippen MR) is 79.2 cm³/mol. The van der Waals surface area contributed by atoms with Gasteiger partial charge < -0.3 is 10.1 Å². The molecule has 102 valence electrons. The maximum Gasteiger partial charge on any atom is 0.187 e. The van der Waals surface area contributed by atoms with Crippen molar-refractivity contribution in [2.24, 2.45) is 5.10 Å². The zero-order valence-electron chi connectivity index (χ0n) is 10.9. The first kappa shape index (κ1) is 13.9. The Morgan fingerprint density at radius 2 is 2.53 bits per heavy atom. The van der Waals surface area contributed by atoms with E-state index in [9.17, 15) is 0 Å². The van der Waals surface area contributed by atoms with Crippen molar-refractivity contribution < 1.29 is 4.74 Å². The number of thiocarbonyl (C=S) groups is 1. The highest BCUT2D eigenvalue weighted by molar-refractivity contribution is 7.80. The van der Waals surface area contributed by atoms with E-state index in [4.69, 9.17) is 17.0 Å². The summed E-state index contributed by atoms with van der Waals surface area (Å²) in [6.45, 7) is 3.49. The lowest BCUT2D eigenvalue weighted by molar-refractivity contribution is 0.114. The Hall–Kier alpha value is -1.53. The highest BCUT2D eigenvalue weighted by Crippen LogP contribution is 2.10. The van der Waals surface area contributed by atoms with Gasteiger partial charge in [0.1, 0.15) is 0 Å². The summed E-state index contributed by atoms with van der Waals surface area (Å²) in [5.74, 6) is 0. The molecule has 1 aromatic rings. The monoisotopic (exact) mass is 278 g/mol. The van der Waals surface area contributed by atoms with Crippen LogP contribution in [0.15, 0.2) is 29.6 Å². The van der Waals surface area contributed by atoms with Crippen LogP contribution in [0.4, 0.5) is 0 Å². The number of hydrogen-bond acceptors (Lipinski definition) is 4. The number of nitrogens with one attached hydrogen (secondary N) is 2. The molecule has 2 rings (SSSR count). The highest BCUT2D eigenvalue weighted by Gasteiger charge is 2.14. The SMILES string of the molecule is C/C(=N/NC(=S)NCC1CCCO1)c1cccnc1. The number of hydrogen-bond donors (Lipinski definition) is 2. The molecule has 1 saturated heterocycles. The summed E-state index contributed by atoms with van der Waals surface area (Å²) >= 11 is 5.16. The van der Waals surface area contributed by atoms with E-state index in [0.29, 0.717) is 5.11 Å². The second-order valence-corrected chi connectivity index (χ2v) is 4.80. The maximum absolute atomic E-state index is 5.50. The lowest BCUT2D eigenvalue weighted by Crippen LogP contribution is -2.37. The summed E-state index contributed by atoms with van der Waals surface area (Å²) in [4.78, 5) is 4.05. The number of rotatable bonds is 4. The van der Waals surface area contributed by atoms with Gasteiger partial charge in [-0.3, -0.25) is 10.4 Å². The smallest absolute Gasteiger partial charge is 0.187 e. The third-order valence-corrected chi connectivity index (χ3v) is 3.15. The highest BCUT2D eigenvalue weighted by atomic mass is 32.1. The largest absolute Gasteiger partial charge is 0.376 e. The predicted octanol–water partition coefficient (Wildman–Crippen LogP) is 1.45. The Bertz CT molecular complexity index is 443.